The summed E-state index contributed by atoms with van der Waals surface area (Å²) in [5.74, 6) is 0. The molecule has 6 heteroatoms. The zero-order valence-corrected chi connectivity index (χ0v) is 11.6. The fraction of sp³-hybridized carbons (Fsp3) is 0.250. The van der Waals surface area contributed by atoms with E-state index in [1.165, 1.54) is 12.8 Å². The molecule has 0 aliphatic heterocycles. The van der Waals surface area contributed by atoms with Crippen molar-refractivity contribution in [3.8, 4) is 11.1 Å². The molecule has 90 valence electrons. The monoisotopic (exact) mass is 351 g/mol. The van der Waals surface area contributed by atoms with Gasteiger partial charge in [0, 0.05) is 29.7 Å². The molecule has 18 heavy (non-hydrogen) atoms. The predicted molar refractivity (Wildman–Crippen MR) is 75.2 cm³/mol. The first-order valence-electron chi connectivity index (χ1n) is 5.85. The smallest absolute Gasteiger partial charge is 0.168 e. The second-order valence-electron chi connectivity index (χ2n) is 4.54. The number of hydrogen-bond donors (Lipinski definition) is 0. The third-order valence-electron chi connectivity index (χ3n) is 3.17. The summed E-state index contributed by atoms with van der Waals surface area (Å²) in [5.41, 5.74) is 3.05. The Balaban J connectivity index is 1.80. The molecule has 0 spiro atoms. The normalized spacial score (nSPS) is 15.4. The van der Waals surface area contributed by atoms with Gasteiger partial charge in [-0.05, 0) is 35.4 Å². The topological polar surface area (TPSA) is 48.0 Å². The molecule has 4 rings (SSSR count). The van der Waals surface area contributed by atoms with E-state index in [1.54, 1.807) is 0 Å². The van der Waals surface area contributed by atoms with Gasteiger partial charge in [0.25, 0.3) is 0 Å². The average Bonchev–Trinajstić information content (AvgIpc) is 3.01. The molecule has 3 aromatic rings. The maximum atomic E-state index is 4.44. The Morgan fingerprint density at radius 1 is 1.06 bits per heavy atom. The van der Waals surface area contributed by atoms with Gasteiger partial charge in [-0.3, -0.25) is 4.68 Å². The molecule has 0 atom stereocenters. The minimum Gasteiger partial charge on any atom is -0.269 e. The van der Waals surface area contributed by atoms with Crippen molar-refractivity contribution in [2.24, 2.45) is 0 Å². The Morgan fingerprint density at radius 2 is 1.89 bits per heavy atom. The SMILES string of the molecule is Ic1cnn2cc(-c3cnn(C4CC4)c3)cnc12. The lowest BCUT2D eigenvalue weighted by Gasteiger charge is -1.98. The van der Waals surface area contributed by atoms with Gasteiger partial charge in [0.2, 0.25) is 0 Å². The van der Waals surface area contributed by atoms with Crippen LogP contribution in [0.5, 0.6) is 0 Å². The molecule has 3 aromatic heterocycles. The molecule has 0 N–H and O–H groups in total. The van der Waals surface area contributed by atoms with Crippen molar-refractivity contribution in [2.45, 2.75) is 18.9 Å². The summed E-state index contributed by atoms with van der Waals surface area (Å²) < 4.78 is 4.92. The highest BCUT2D eigenvalue weighted by atomic mass is 127. The quantitative estimate of drug-likeness (QED) is 0.667. The van der Waals surface area contributed by atoms with Gasteiger partial charge in [-0.1, -0.05) is 0 Å². The number of rotatable bonds is 2. The van der Waals surface area contributed by atoms with Crippen molar-refractivity contribution in [1.82, 2.24) is 24.4 Å². The van der Waals surface area contributed by atoms with E-state index in [0.717, 1.165) is 20.3 Å². The van der Waals surface area contributed by atoms with E-state index in [2.05, 4.69) is 44.0 Å². The van der Waals surface area contributed by atoms with Crippen LogP contribution in [-0.4, -0.2) is 24.4 Å². The van der Waals surface area contributed by atoms with Crippen molar-refractivity contribution in [1.29, 1.82) is 0 Å². The van der Waals surface area contributed by atoms with Gasteiger partial charge in [-0.25, -0.2) is 9.50 Å². The molecule has 1 saturated carbocycles. The minimum atomic E-state index is 0.612. The first kappa shape index (κ1) is 10.5. The Kier molecular flexibility index (Phi) is 2.20. The molecule has 3 heterocycles. The van der Waals surface area contributed by atoms with Crippen LogP contribution < -0.4 is 0 Å². The van der Waals surface area contributed by atoms with Crippen molar-refractivity contribution in [2.75, 3.05) is 0 Å². The van der Waals surface area contributed by atoms with Crippen LogP contribution in [0.15, 0.2) is 31.0 Å². The molecule has 1 aliphatic carbocycles. The van der Waals surface area contributed by atoms with Crippen LogP contribution in [0.4, 0.5) is 0 Å². The minimum absolute atomic E-state index is 0.612. The van der Waals surface area contributed by atoms with E-state index < -0.39 is 0 Å². The summed E-state index contributed by atoms with van der Waals surface area (Å²) in [7, 11) is 0. The van der Waals surface area contributed by atoms with Gasteiger partial charge in [0.1, 0.15) is 0 Å². The summed E-state index contributed by atoms with van der Waals surface area (Å²) in [6.45, 7) is 0. The summed E-state index contributed by atoms with van der Waals surface area (Å²) >= 11 is 2.24. The van der Waals surface area contributed by atoms with Crippen LogP contribution in [-0.2, 0) is 0 Å². The van der Waals surface area contributed by atoms with Crippen molar-refractivity contribution >= 4 is 28.2 Å². The van der Waals surface area contributed by atoms with E-state index in [-0.39, 0.29) is 0 Å². The van der Waals surface area contributed by atoms with Crippen molar-refractivity contribution < 1.29 is 0 Å². The molecule has 0 radical (unpaired) electrons. The highest BCUT2D eigenvalue weighted by Gasteiger charge is 2.24. The number of halogens is 1. The summed E-state index contributed by atoms with van der Waals surface area (Å²) in [5, 5.41) is 8.68. The van der Waals surface area contributed by atoms with E-state index in [1.807, 2.05) is 34.0 Å². The van der Waals surface area contributed by atoms with Crippen LogP contribution in [0, 0.1) is 3.57 Å². The third-order valence-corrected chi connectivity index (χ3v) is 3.93. The van der Waals surface area contributed by atoms with Crippen LogP contribution in [0.3, 0.4) is 0 Å². The Hall–Kier alpha value is -1.44. The molecule has 0 saturated heterocycles. The molecule has 5 nitrogen and oxygen atoms in total. The lowest BCUT2D eigenvalue weighted by molar-refractivity contribution is 0.642. The highest BCUT2D eigenvalue weighted by molar-refractivity contribution is 14.1. The standard InChI is InChI=1S/C12H10IN5/c13-11-5-16-18-7-8(3-14-12(11)18)9-4-15-17(6-9)10-1-2-10/h3-7,10H,1-2H2. The Labute approximate surface area is 117 Å². The van der Waals surface area contributed by atoms with Crippen molar-refractivity contribution in [3.05, 3.63) is 34.6 Å². The van der Waals surface area contributed by atoms with Crippen LogP contribution >= 0.6 is 22.6 Å². The number of hydrogen-bond acceptors (Lipinski definition) is 3. The number of nitrogens with zero attached hydrogens (tertiary/aromatic N) is 5. The predicted octanol–water partition coefficient (Wildman–Crippen LogP) is 2.53. The van der Waals surface area contributed by atoms with E-state index >= 15 is 0 Å². The number of aromatic nitrogens is 5. The first-order chi connectivity index (χ1) is 8.81. The molecular weight excluding hydrogens is 341 g/mol. The van der Waals surface area contributed by atoms with E-state index in [9.17, 15) is 0 Å². The molecule has 1 fully saturated rings. The molecule has 0 aromatic carbocycles. The van der Waals surface area contributed by atoms with Gasteiger partial charge in [0.15, 0.2) is 5.65 Å². The first-order valence-corrected chi connectivity index (χ1v) is 6.92. The summed E-state index contributed by atoms with van der Waals surface area (Å²) in [6.07, 6.45) is 12.2. The average molecular weight is 351 g/mol. The van der Waals surface area contributed by atoms with Gasteiger partial charge in [-0.15, -0.1) is 0 Å². The van der Waals surface area contributed by atoms with Crippen molar-refractivity contribution in [3.63, 3.8) is 0 Å². The largest absolute Gasteiger partial charge is 0.269 e. The number of fused-ring (bicyclic) bond motifs is 1. The van der Waals surface area contributed by atoms with Gasteiger partial charge in [-0.2, -0.15) is 10.2 Å². The molecule has 0 amide bonds. The van der Waals surface area contributed by atoms with Crippen LogP contribution in [0.25, 0.3) is 16.8 Å². The fourth-order valence-corrected chi connectivity index (χ4v) is 2.53. The summed E-state index contributed by atoms with van der Waals surface area (Å²) in [4.78, 5) is 4.44. The Bertz CT molecular complexity index is 725. The molecule has 1 aliphatic rings. The second kappa shape index (κ2) is 3.78. The summed E-state index contributed by atoms with van der Waals surface area (Å²) in [6, 6.07) is 0.612. The molecular formula is C12H10IN5. The van der Waals surface area contributed by atoms with Gasteiger partial charge < -0.3 is 0 Å². The molecule has 0 bridgehead atoms. The fourth-order valence-electron chi connectivity index (χ4n) is 2.02. The Morgan fingerprint density at radius 3 is 2.72 bits per heavy atom. The maximum Gasteiger partial charge on any atom is 0.168 e. The molecule has 0 unspecified atom stereocenters. The highest BCUT2D eigenvalue weighted by Crippen LogP contribution is 2.35. The maximum absolute atomic E-state index is 4.44. The van der Waals surface area contributed by atoms with Gasteiger partial charge in [0.05, 0.1) is 22.0 Å². The second-order valence-corrected chi connectivity index (χ2v) is 5.71. The lowest BCUT2D eigenvalue weighted by Crippen LogP contribution is -1.93. The zero-order valence-electron chi connectivity index (χ0n) is 9.49. The zero-order chi connectivity index (χ0) is 12.1. The van der Waals surface area contributed by atoms with E-state index in [4.69, 9.17) is 0 Å². The van der Waals surface area contributed by atoms with E-state index in [0.29, 0.717) is 6.04 Å². The lowest BCUT2D eigenvalue weighted by atomic mass is 10.2. The van der Waals surface area contributed by atoms with Crippen LogP contribution in [0.1, 0.15) is 18.9 Å². The van der Waals surface area contributed by atoms with Crippen LogP contribution in [0.2, 0.25) is 0 Å². The third kappa shape index (κ3) is 1.63. The van der Waals surface area contributed by atoms with Gasteiger partial charge >= 0.3 is 0 Å².